The third kappa shape index (κ3) is 4.06. The highest BCUT2D eigenvalue weighted by Gasteiger charge is 2.14. The van der Waals surface area contributed by atoms with Crippen LogP contribution in [0.5, 0.6) is 0 Å². The van der Waals surface area contributed by atoms with Gasteiger partial charge in [-0.15, -0.1) is 0 Å². The Morgan fingerprint density at radius 2 is 1.59 bits per heavy atom. The summed E-state index contributed by atoms with van der Waals surface area (Å²) in [5.74, 6) is 0. The van der Waals surface area contributed by atoms with Gasteiger partial charge in [0.2, 0.25) is 0 Å². The number of aromatic amines is 1. The molecule has 29 heavy (non-hydrogen) atoms. The number of fused-ring (bicyclic) bond motifs is 1. The monoisotopic (exact) mass is 383 g/mol. The van der Waals surface area contributed by atoms with Crippen LogP contribution in [-0.2, 0) is 6.42 Å². The summed E-state index contributed by atoms with van der Waals surface area (Å²) in [5, 5.41) is 1.31. The first-order chi connectivity index (χ1) is 14.2. The maximum Gasteiger partial charge on any atom is 0.0498 e. The number of aryl methyl sites for hydroxylation is 1. The quantitative estimate of drug-likeness (QED) is 0.393. The summed E-state index contributed by atoms with van der Waals surface area (Å²) in [6.07, 6.45) is 3.17. The zero-order valence-electron chi connectivity index (χ0n) is 17.3. The second-order valence-corrected chi connectivity index (χ2v) is 7.80. The first-order valence-electron chi connectivity index (χ1n) is 10.3. The number of anilines is 1. The van der Waals surface area contributed by atoms with Gasteiger partial charge in [-0.2, -0.15) is 0 Å². The number of nitrogens with zero attached hydrogens (tertiary/aromatic N) is 1. The second kappa shape index (κ2) is 8.54. The molecule has 3 N–H and O–H groups in total. The molecule has 1 aromatic heterocycles. The van der Waals surface area contributed by atoms with Crippen LogP contribution in [0, 0.1) is 0 Å². The molecule has 0 unspecified atom stereocenters. The van der Waals surface area contributed by atoms with E-state index in [0.717, 1.165) is 25.8 Å². The van der Waals surface area contributed by atoms with Crippen molar-refractivity contribution in [3.05, 3.63) is 78.4 Å². The predicted molar refractivity (Wildman–Crippen MR) is 125 cm³/mol. The van der Waals surface area contributed by atoms with Crippen LogP contribution in [0.3, 0.4) is 0 Å². The van der Waals surface area contributed by atoms with E-state index in [1.54, 1.807) is 0 Å². The first-order valence-corrected chi connectivity index (χ1v) is 10.3. The predicted octanol–water partition coefficient (Wildman–Crippen LogP) is 5.85. The van der Waals surface area contributed by atoms with E-state index in [-0.39, 0.29) is 0 Å². The lowest BCUT2D eigenvalue weighted by atomic mass is 9.97. The minimum Gasteiger partial charge on any atom is -0.378 e. The molecule has 4 rings (SSSR count). The molecule has 3 heteroatoms. The molecule has 0 bridgehead atoms. The fourth-order valence-electron chi connectivity index (χ4n) is 3.95. The van der Waals surface area contributed by atoms with Gasteiger partial charge < -0.3 is 15.6 Å². The van der Waals surface area contributed by atoms with Gasteiger partial charge in [-0.05, 0) is 66.8 Å². The van der Waals surface area contributed by atoms with Gasteiger partial charge in [0.1, 0.15) is 0 Å². The molecule has 148 valence electrons. The Morgan fingerprint density at radius 1 is 0.793 bits per heavy atom. The minimum atomic E-state index is 0.739. The highest BCUT2D eigenvalue weighted by Crippen LogP contribution is 2.35. The van der Waals surface area contributed by atoms with Crippen molar-refractivity contribution in [2.45, 2.75) is 19.3 Å². The lowest BCUT2D eigenvalue weighted by Crippen LogP contribution is -2.08. The van der Waals surface area contributed by atoms with Crippen molar-refractivity contribution in [1.29, 1.82) is 0 Å². The fraction of sp³-hybridized carbons (Fsp3) is 0.231. The standard InChI is InChI=1S/C26H29N3/c1-29(2)22-12-8-11-21(17-22)26-23(13-6-7-16-27)24-18-20(14-15-25(24)28-26)19-9-4-3-5-10-19/h3-5,8-12,14-15,17-18,28H,6-7,13,16,27H2,1-2H3. The van der Waals surface area contributed by atoms with Crippen LogP contribution in [-0.4, -0.2) is 25.6 Å². The summed E-state index contributed by atoms with van der Waals surface area (Å²) in [5.41, 5.74) is 14.5. The molecule has 0 saturated carbocycles. The number of nitrogens with one attached hydrogen (secondary N) is 1. The van der Waals surface area contributed by atoms with Crippen molar-refractivity contribution >= 4 is 16.6 Å². The molecule has 0 atom stereocenters. The smallest absolute Gasteiger partial charge is 0.0498 e. The van der Waals surface area contributed by atoms with Crippen molar-refractivity contribution < 1.29 is 0 Å². The summed E-state index contributed by atoms with van der Waals surface area (Å²) < 4.78 is 0. The number of hydrogen-bond acceptors (Lipinski definition) is 2. The van der Waals surface area contributed by atoms with Crippen LogP contribution in [0.15, 0.2) is 72.8 Å². The van der Waals surface area contributed by atoms with Crippen LogP contribution in [0.2, 0.25) is 0 Å². The van der Waals surface area contributed by atoms with Gasteiger partial charge >= 0.3 is 0 Å². The molecule has 0 fully saturated rings. The Bertz CT molecular complexity index is 1090. The molecule has 0 spiro atoms. The van der Waals surface area contributed by atoms with Gasteiger partial charge in [-0.1, -0.05) is 48.5 Å². The van der Waals surface area contributed by atoms with Crippen LogP contribution >= 0.6 is 0 Å². The van der Waals surface area contributed by atoms with Crippen molar-refractivity contribution in [3.8, 4) is 22.4 Å². The summed E-state index contributed by atoms with van der Waals surface area (Å²) in [6, 6.07) is 26.1. The average Bonchev–Trinajstić information content (AvgIpc) is 3.12. The van der Waals surface area contributed by atoms with E-state index < -0.39 is 0 Å². The van der Waals surface area contributed by atoms with E-state index in [1.165, 1.54) is 44.5 Å². The highest BCUT2D eigenvalue weighted by molar-refractivity contribution is 5.94. The third-order valence-electron chi connectivity index (χ3n) is 5.55. The Labute approximate surface area is 173 Å². The maximum atomic E-state index is 5.77. The van der Waals surface area contributed by atoms with Crippen molar-refractivity contribution in [2.24, 2.45) is 5.73 Å². The maximum absolute atomic E-state index is 5.77. The van der Waals surface area contributed by atoms with Gasteiger partial charge in [-0.3, -0.25) is 0 Å². The van der Waals surface area contributed by atoms with Gasteiger partial charge in [0, 0.05) is 41.9 Å². The molecular weight excluding hydrogens is 354 g/mol. The average molecular weight is 384 g/mol. The lowest BCUT2D eigenvalue weighted by molar-refractivity contribution is 0.748. The number of aromatic nitrogens is 1. The largest absolute Gasteiger partial charge is 0.378 e. The molecule has 4 aromatic rings. The van der Waals surface area contributed by atoms with E-state index in [1.807, 2.05) is 0 Å². The molecule has 0 aliphatic carbocycles. The Kier molecular flexibility index (Phi) is 5.68. The number of rotatable bonds is 7. The second-order valence-electron chi connectivity index (χ2n) is 7.80. The van der Waals surface area contributed by atoms with Crippen LogP contribution in [0.1, 0.15) is 18.4 Å². The van der Waals surface area contributed by atoms with Crippen molar-refractivity contribution in [1.82, 2.24) is 4.98 Å². The van der Waals surface area contributed by atoms with E-state index >= 15 is 0 Å². The zero-order valence-corrected chi connectivity index (χ0v) is 17.3. The molecule has 0 saturated heterocycles. The molecule has 0 aliphatic rings. The highest BCUT2D eigenvalue weighted by atomic mass is 15.1. The molecule has 0 amide bonds. The summed E-state index contributed by atoms with van der Waals surface area (Å²) >= 11 is 0. The summed E-state index contributed by atoms with van der Waals surface area (Å²) in [7, 11) is 4.16. The summed E-state index contributed by atoms with van der Waals surface area (Å²) in [4.78, 5) is 5.85. The normalized spacial score (nSPS) is 11.1. The molecule has 0 aliphatic heterocycles. The first kappa shape index (κ1) is 19.3. The summed E-state index contributed by atoms with van der Waals surface area (Å²) in [6.45, 7) is 0.739. The van der Waals surface area contributed by atoms with Crippen LogP contribution in [0.4, 0.5) is 5.69 Å². The third-order valence-corrected chi connectivity index (χ3v) is 5.55. The Balaban J connectivity index is 1.85. The fourth-order valence-corrected chi connectivity index (χ4v) is 3.95. The number of hydrogen-bond donors (Lipinski definition) is 2. The topological polar surface area (TPSA) is 45.0 Å². The molecule has 0 radical (unpaired) electrons. The molecular formula is C26H29N3. The van der Waals surface area contributed by atoms with E-state index in [2.05, 4.69) is 96.8 Å². The number of nitrogens with two attached hydrogens (primary N) is 1. The van der Waals surface area contributed by atoms with Gasteiger partial charge in [0.15, 0.2) is 0 Å². The lowest BCUT2D eigenvalue weighted by Gasteiger charge is -2.14. The molecule has 1 heterocycles. The number of H-pyrrole nitrogens is 1. The van der Waals surface area contributed by atoms with Crippen molar-refractivity contribution in [3.63, 3.8) is 0 Å². The Morgan fingerprint density at radius 3 is 2.34 bits per heavy atom. The number of benzene rings is 3. The van der Waals surface area contributed by atoms with E-state index in [0.29, 0.717) is 0 Å². The van der Waals surface area contributed by atoms with Crippen LogP contribution < -0.4 is 10.6 Å². The molecule has 3 nitrogen and oxygen atoms in total. The zero-order chi connectivity index (χ0) is 20.2. The van der Waals surface area contributed by atoms with Gasteiger partial charge in [0.05, 0.1) is 0 Å². The number of unbranched alkanes of at least 4 members (excludes halogenated alkanes) is 1. The van der Waals surface area contributed by atoms with Crippen LogP contribution in [0.25, 0.3) is 33.3 Å². The minimum absolute atomic E-state index is 0.739. The van der Waals surface area contributed by atoms with E-state index in [9.17, 15) is 0 Å². The van der Waals surface area contributed by atoms with Gasteiger partial charge in [0.25, 0.3) is 0 Å². The van der Waals surface area contributed by atoms with E-state index in [4.69, 9.17) is 5.73 Å². The molecule has 3 aromatic carbocycles. The van der Waals surface area contributed by atoms with Gasteiger partial charge in [-0.25, -0.2) is 0 Å². The van der Waals surface area contributed by atoms with Crippen molar-refractivity contribution in [2.75, 3.05) is 25.5 Å². The SMILES string of the molecule is CN(C)c1cccc(-c2[nH]c3ccc(-c4ccccc4)cc3c2CCCCN)c1. The Hall–Kier alpha value is -3.04.